The number of halogens is 1. The van der Waals surface area contributed by atoms with E-state index in [2.05, 4.69) is 39.1 Å². The highest BCUT2D eigenvalue weighted by atomic mass is 35.5. The van der Waals surface area contributed by atoms with Crippen LogP contribution in [0.25, 0.3) is 10.9 Å². The fourth-order valence-corrected chi connectivity index (χ4v) is 6.17. The van der Waals surface area contributed by atoms with Crippen molar-refractivity contribution in [2.45, 2.75) is 44.2 Å². The molecule has 24 heavy (non-hydrogen) atoms. The number of hydrogen-bond donors (Lipinski definition) is 2. The molecule has 0 amide bonds. The first-order valence-electron chi connectivity index (χ1n) is 9.38. The molecule has 5 heterocycles. The molecule has 2 N–H and O–H groups in total. The first kappa shape index (κ1) is 15.0. The molecule has 1 saturated heterocycles. The number of nitrogens with one attached hydrogen (secondary N) is 2. The van der Waals surface area contributed by atoms with Crippen LogP contribution in [0.5, 0.6) is 0 Å². The minimum absolute atomic E-state index is 0. The van der Waals surface area contributed by atoms with E-state index in [1.807, 2.05) is 0 Å². The summed E-state index contributed by atoms with van der Waals surface area (Å²) in [5.41, 5.74) is 6.01. The van der Waals surface area contributed by atoms with Crippen LogP contribution in [0.1, 0.15) is 36.9 Å². The molecule has 1 aliphatic carbocycles. The number of fused-ring (bicyclic) bond motifs is 4. The van der Waals surface area contributed by atoms with Crippen molar-refractivity contribution in [3.63, 3.8) is 0 Å². The molecule has 0 spiro atoms. The first-order valence-corrected chi connectivity index (χ1v) is 9.38. The second-order valence-corrected chi connectivity index (χ2v) is 7.89. The maximum Gasteiger partial charge on any atom is 0.204 e. The summed E-state index contributed by atoms with van der Waals surface area (Å²) in [6, 6.07) is 10.4. The van der Waals surface area contributed by atoms with Crippen LogP contribution in [0.2, 0.25) is 0 Å². The van der Waals surface area contributed by atoms with E-state index in [-0.39, 0.29) is 12.4 Å². The van der Waals surface area contributed by atoms with E-state index < -0.39 is 0 Å². The number of nitrogens with zero attached hydrogens (tertiary/aromatic N) is 1. The number of piperidine rings is 1. The van der Waals surface area contributed by atoms with Gasteiger partial charge >= 0.3 is 0 Å². The Morgan fingerprint density at radius 3 is 2.96 bits per heavy atom. The van der Waals surface area contributed by atoms with Crippen molar-refractivity contribution < 1.29 is 17.0 Å². The Balaban J connectivity index is 0.00000131. The monoisotopic (exact) mass is 341 g/mol. The van der Waals surface area contributed by atoms with Crippen LogP contribution in [-0.4, -0.2) is 40.4 Å². The van der Waals surface area contributed by atoms with Crippen LogP contribution in [0.15, 0.2) is 24.3 Å². The fraction of sp³-hybridized carbons (Fsp3) is 0.550. The topological polar surface area (TPSA) is 30.8 Å². The molecule has 1 aromatic carbocycles. The zero-order valence-electron chi connectivity index (χ0n) is 13.9. The molecule has 1 aromatic heterocycles. The number of aromatic amines is 1. The van der Waals surface area contributed by atoms with Gasteiger partial charge in [0.1, 0.15) is 12.2 Å². The van der Waals surface area contributed by atoms with Crippen molar-refractivity contribution in [3.8, 4) is 0 Å². The largest absolute Gasteiger partial charge is 1.00 e. The van der Waals surface area contributed by atoms with E-state index in [1.54, 1.807) is 11.3 Å². The van der Waals surface area contributed by atoms with Gasteiger partial charge in [-0.15, -0.1) is 0 Å². The van der Waals surface area contributed by atoms with Gasteiger partial charge in [0, 0.05) is 35.7 Å². The molecule has 0 radical (unpaired) electrons. The van der Waals surface area contributed by atoms with Crippen molar-refractivity contribution in [2.24, 2.45) is 11.8 Å². The van der Waals surface area contributed by atoms with Crippen molar-refractivity contribution in [1.82, 2.24) is 10.3 Å². The van der Waals surface area contributed by atoms with E-state index >= 15 is 0 Å². The maximum atomic E-state index is 3.89. The Morgan fingerprint density at radius 1 is 1.08 bits per heavy atom. The quantitative estimate of drug-likeness (QED) is 0.633. The number of para-hydroxylation sites is 1. The SMILES string of the molecule is [Cl-].c1ccc2c3c([nH]c2c1)C1=[N+](CC3)[C@H]2CC[C@@H]1[C@H]1NCCC[C@H]12. The third kappa shape index (κ3) is 1.80. The first-order chi connectivity index (χ1) is 11.4. The summed E-state index contributed by atoms with van der Waals surface area (Å²) in [6.45, 7) is 2.45. The van der Waals surface area contributed by atoms with Crippen molar-refractivity contribution >= 4 is 16.6 Å². The van der Waals surface area contributed by atoms with Crippen LogP contribution in [0.4, 0.5) is 0 Å². The van der Waals surface area contributed by atoms with Crippen LogP contribution < -0.4 is 17.7 Å². The summed E-state index contributed by atoms with van der Waals surface area (Å²) in [5, 5.41) is 5.34. The highest BCUT2D eigenvalue weighted by Gasteiger charge is 2.56. The summed E-state index contributed by atoms with van der Waals surface area (Å²) >= 11 is 0. The van der Waals surface area contributed by atoms with Gasteiger partial charge in [0.2, 0.25) is 5.71 Å². The molecule has 4 aliphatic heterocycles. The van der Waals surface area contributed by atoms with E-state index in [0.29, 0.717) is 0 Å². The second-order valence-electron chi connectivity index (χ2n) is 7.89. The highest BCUT2D eigenvalue weighted by Crippen LogP contribution is 2.44. The number of aromatic nitrogens is 1. The van der Waals surface area contributed by atoms with Crippen LogP contribution in [0.3, 0.4) is 0 Å². The number of benzene rings is 1. The maximum absolute atomic E-state index is 3.89. The van der Waals surface area contributed by atoms with Crippen LogP contribution in [-0.2, 0) is 6.42 Å². The molecule has 1 saturated carbocycles. The normalized spacial score (nSPS) is 33.7. The van der Waals surface area contributed by atoms with Crippen molar-refractivity contribution in [2.75, 3.05) is 13.1 Å². The number of H-pyrrole nitrogens is 1. The summed E-state index contributed by atoms with van der Waals surface area (Å²) in [5.74, 6) is 1.61. The molecule has 5 aliphatic rings. The molecule has 7 rings (SSSR count). The van der Waals surface area contributed by atoms with Gasteiger partial charge < -0.3 is 22.7 Å². The lowest BCUT2D eigenvalue weighted by atomic mass is 9.64. The van der Waals surface area contributed by atoms with Crippen molar-refractivity contribution in [3.05, 3.63) is 35.5 Å². The number of rotatable bonds is 0. The van der Waals surface area contributed by atoms with E-state index in [9.17, 15) is 0 Å². The Kier molecular flexibility index (Phi) is 3.33. The minimum Gasteiger partial charge on any atom is -1.00 e. The smallest absolute Gasteiger partial charge is 0.204 e. The van der Waals surface area contributed by atoms with Crippen molar-refractivity contribution in [1.29, 1.82) is 0 Å². The lowest BCUT2D eigenvalue weighted by Crippen LogP contribution is -3.00. The molecular weight excluding hydrogens is 318 g/mol. The minimum atomic E-state index is 0. The molecule has 2 fully saturated rings. The van der Waals surface area contributed by atoms with Gasteiger partial charge in [-0.2, -0.15) is 0 Å². The lowest BCUT2D eigenvalue weighted by Gasteiger charge is -2.49. The Hall–Kier alpha value is -1.32. The summed E-state index contributed by atoms with van der Waals surface area (Å²) < 4.78 is 2.81. The van der Waals surface area contributed by atoms with E-state index in [4.69, 9.17) is 0 Å². The van der Waals surface area contributed by atoms with E-state index in [0.717, 1.165) is 23.9 Å². The molecule has 2 aromatic rings. The predicted octanol–water partition coefficient (Wildman–Crippen LogP) is -0.310. The van der Waals surface area contributed by atoms with Gasteiger partial charge in [-0.3, -0.25) is 0 Å². The van der Waals surface area contributed by atoms with Gasteiger partial charge in [-0.05, 0) is 37.4 Å². The standard InChI is InChI=1S/C20H23N3.ClH/c1-2-6-16-12(4-1)13-9-11-23-17-8-7-15(20(23)19(13)22-16)18-14(17)5-3-10-21-18;/h1-2,4,6,14-15,17-18,21H,3,5,7-11H2;1H/t14-,15+,17-,18-;/m0./s1. The van der Waals surface area contributed by atoms with Crippen LogP contribution >= 0.6 is 0 Å². The highest BCUT2D eigenvalue weighted by molar-refractivity contribution is 6.05. The second kappa shape index (κ2) is 5.34. The molecule has 4 heteroatoms. The van der Waals surface area contributed by atoms with E-state index in [1.165, 1.54) is 61.8 Å². The van der Waals surface area contributed by atoms with Gasteiger partial charge in [-0.1, -0.05) is 18.2 Å². The predicted molar refractivity (Wildman–Crippen MR) is 92.3 cm³/mol. The Labute approximate surface area is 148 Å². The zero-order valence-corrected chi connectivity index (χ0v) is 14.6. The molecule has 2 bridgehead atoms. The van der Waals surface area contributed by atoms with Gasteiger partial charge in [0.05, 0.1) is 5.92 Å². The number of hydrogen-bond acceptors (Lipinski definition) is 1. The summed E-state index contributed by atoms with van der Waals surface area (Å²) in [7, 11) is 0. The van der Waals surface area contributed by atoms with Gasteiger partial charge in [-0.25, -0.2) is 4.58 Å². The molecule has 3 nitrogen and oxygen atoms in total. The molecule has 0 unspecified atom stereocenters. The molecule has 4 atom stereocenters. The van der Waals surface area contributed by atoms with Gasteiger partial charge in [0.25, 0.3) is 0 Å². The summed E-state index contributed by atoms with van der Waals surface area (Å²) in [6.07, 6.45) is 6.79. The van der Waals surface area contributed by atoms with Gasteiger partial charge in [0.15, 0.2) is 6.04 Å². The van der Waals surface area contributed by atoms with Crippen LogP contribution in [0, 0.1) is 11.8 Å². The third-order valence-electron chi connectivity index (χ3n) is 6.99. The Bertz CT molecular complexity index is 837. The molecular formula is C20H24ClN3. The summed E-state index contributed by atoms with van der Waals surface area (Å²) in [4.78, 5) is 3.79. The average molecular weight is 342 g/mol. The molecule has 126 valence electrons. The zero-order chi connectivity index (χ0) is 15.0. The Morgan fingerprint density at radius 2 is 2.00 bits per heavy atom. The fourth-order valence-electron chi connectivity index (χ4n) is 6.17. The average Bonchev–Trinajstić information content (AvgIpc) is 3.01. The lowest BCUT2D eigenvalue weighted by molar-refractivity contribution is -0.592. The third-order valence-corrected chi connectivity index (χ3v) is 6.99.